The van der Waals surface area contributed by atoms with Crippen molar-refractivity contribution < 1.29 is 8.42 Å². The lowest BCUT2D eigenvalue weighted by atomic mass is 10.0. The number of aromatic nitrogens is 1. The summed E-state index contributed by atoms with van der Waals surface area (Å²) in [4.78, 5) is 4.02. The van der Waals surface area contributed by atoms with Gasteiger partial charge in [0.1, 0.15) is 0 Å². The molecule has 0 aliphatic heterocycles. The summed E-state index contributed by atoms with van der Waals surface area (Å²) in [5.41, 5.74) is 7.65. The normalized spacial score (nSPS) is 10.9. The van der Waals surface area contributed by atoms with Crippen molar-refractivity contribution in [2.75, 3.05) is 12.0 Å². The molecule has 0 fully saturated rings. The molecule has 2 N–H and O–H groups in total. The highest BCUT2D eigenvalue weighted by Crippen LogP contribution is 2.26. The minimum Gasteiger partial charge on any atom is -0.399 e. The van der Waals surface area contributed by atoms with Crippen LogP contribution in [0.2, 0.25) is 0 Å². The molecule has 1 heterocycles. The lowest BCUT2D eigenvalue weighted by molar-refractivity contribution is 0.601. The van der Waals surface area contributed by atoms with E-state index in [0.29, 0.717) is 22.4 Å². The summed E-state index contributed by atoms with van der Waals surface area (Å²) in [6.45, 7) is 0. The van der Waals surface area contributed by atoms with Crippen LogP contribution in [-0.4, -0.2) is 19.7 Å². The summed E-state index contributed by atoms with van der Waals surface area (Å²) in [5, 5.41) is 9.09. The Hall–Kier alpha value is -2.39. The van der Waals surface area contributed by atoms with Gasteiger partial charge in [-0.05, 0) is 18.2 Å². The number of nitrogen functional groups attached to an aromatic ring is 1. The second-order valence-corrected chi connectivity index (χ2v) is 6.11. The number of nitriles is 1. The highest BCUT2D eigenvalue weighted by molar-refractivity contribution is 7.90. The number of rotatable bonds is 2. The predicted octanol–water partition coefficient (Wildman–Crippen LogP) is 1.61. The molecule has 96 valence electrons. The fraction of sp³-hybridized carbons (Fsp3) is 0.0769. The molecule has 6 heteroatoms. The van der Waals surface area contributed by atoms with Gasteiger partial charge in [0.05, 0.1) is 16.5 Å². The Bertz CT molecular complexity index is 777. The molecule has 2 rings (SSSR count). The molecule has 1 aromatic carbocycles. The molecule has 5 nitrogen and oxygen atoms in total. The molecule has 0 unspecified atom stereocenters. The van der Waals surface area contributed by atoms with Crippen molar-refractivity contribution in [3.8, 4) is 17.2 Å². The lowest BCUT2D eigenvalue weighted by Gasteiger charge is -2.06. The van der Waals surface area contributed by atoms with E-state index in [4.69, 9.17) is 11.0 Å². The first-order valence-corrected chi connectivity index (χ1v) is 7.26. The average molecular weight is 273 g/mol. The third kappa shape index (κ3) is 2.72. The van der Waals surface area contributed by atoms with Gasteiger partial charge in [0, 0.05) is 35.5 Å². The molecule has 0 aliphatic rings. The zero-order valence-electron chi connectivity index (χ0n) is 10.2. The van der Waals surface area contributed by atoms with Crippen LogP contribution in [-0.2, 0) is 9.84 Å². The van der Waals surface area contributed by atoms with Crippen molar-refractivity contribution >= 4 is 15.5 Å². The van der Waals surface area contributed by atoms with E-state index in [-0.39, 0.29) is 4.90 Å². The number of sulfone groups is 1. The maximum atomic E-state index is 11.5. The summed E-state index contributed by atoms with van der Waals surface area (Å²) in [6.07, 6.45) is 3.91. The Balaban J connectivity index is 2.64. The molecular formula is C13H11N3O2S. The molecule has 0 saturated heterocycles. The van der Waals surface area contributed by atoms with Crippen molar-refractivity contribution in [1.29, 1.82) is 5.26 Å². The smallest absolute Gasteiger partial charge is 0.177 e. The van der Waals surface area contributed by atoms with Crippen LogP contribution >= 0.6 is 0 Å². The highest BCUT2D eigenvalue weighted by atomic mass is 32.2. The van der Waals surface area contributed by atoms with Crippen molar-refractivity contribution in [2.24, 2.45) is 0 Å². The molecule has 0 atom stereocenters. The van der Waals surface area contributed by atoms with Crippen LogP contribution in [0.15, 0.2) is 41.6 Å². The van der Waals surface area contributed by atoms with Crippen LogP contribution < -0.4 is 5.73 Å². The van der Waals surface area contributed by atoms with Crippen molar-refractivity contribution in [3.05, 3.63) is 42.2 Å². The first kappa shape index (κ1) is 13.1. The number of nitrogens with zero attached hydrogens (tertiary/aromatic N) is 2. The first-order valence-electron chi connectivity index (χ1n) is 5.37. The fourth-order valence-corrected chi connectivity index (χ4v) is 2.27. The molecular weight excluding hydrogens is 262 g/mol. The standard InChI is InChI=1S/C13H11N3O2S/c1-19(17,18)12-5-10(7-16-8-12)13-3-2-11(15)4-9(13)6-14/h2-5,7-8H,15H2,1H3. The summed E-state index contributed by atoms with van der Waals surface area (Å²) in [6, 6.07) is 8.41. The Morgan fingerprint density at radius 2 is 2.00 bits per heavy atom. The third-order valence-corrected chi connectivity index (χ3v) is 3.70. The van der Waals surface area contributed by atoms with E-state index in [1.54, 1.807) is 18.2 Å². The Kier molecular flexibility index (Phi) is 3.23. The van der Waals surface area contributed by atoms with Crippen molar-refractivity contribution in [2.45, 2.75) is 4.90 Å². The summed E-state index contributed by atoms with van der Waals surface area (Å²) in [5.74, 6) is 0. The van der Waals surface area contributed by atoms with Crippen molar-refractivity contribution in [1.82, 2.24) is 4.98 Å². The predicted molar refractivity (Wildman–Crippen MR) is 71.9 cm³/mol. The quantitative estimate of drug-likeness (QED) is 0.838. The third-order valence-electron chi connectivity index (χ3n) is 2.62. The minimum absolute atomic E-state index is 0.116. The SMILES string of the molecule is CS(=O)(=O)c1cncc(-c2ccc(N)cc2C#N)c1. The van der Waals surface area contributed by atoms with Gasteiger partial charge in [0.2, 0.25) is 0 Å². The topological polar surface area (TPSA) is 96.8 Å². The van der Waals surface area contributed by atoms with Crippen molar-refractivity contribution in [3.63, 3.8) is 0 Å². The number of hydrogen-bond acceptors (Lipinski definition) is 5. The van der Waals surface area contributed by atoms with Crippen LogP contribution in [0.4, 0.5) is 5.69 Å². The molecule has 0 bridgehead atoms. The number of anilines is 1. The highest BCUT2D eigenvalue weighted by Gasteiger charge is 2.11. The molecule has 1 aromatic heterocycles. The monoisotopic (exact) mass is 273 g/mol. The van der Waals surface area contributed by atoms with E-state index in [9.17, 15) is 8.42 Å². The van der Waals surface area contributed by atoms with Gasteiger partial charge in [0.25, 0.3) is 0 Å². The summed E-state index contributed by atoms with van der Waals surface area (Å²) in [7, 11) is -3.33. The lowest BCUT2D eigenvalue weighted by Crippen LogP contribution is -1.98. The fourth-order valence-electron chi connectivity index (χ4n) is 1.67. The second-order valence-electron chi connectivity index (χ2n) is 4.10. The number of benzene rings is 1. The Labute approximate surface area is 111 Å². The van der Waals surface area contributed by atoms with Gasteiger partial charge in [0.15, 0.2) is 9.84 Å². The van der Waals surface area contributed by atoms with E-state index >= 15 is 0 Å². The van der Waals surface area contributed by atoms with Gasteiger partial charge in [-0.25, -0.2) is 8.42 Å². The molecule has 0 saturated carbocycles. The molecule has 19 heavy (non-hydrogen) atoms. The van der Waals surface area contributed by atoms with E-state index in [0.717, 1.165) is 6.26 Å². The Morgan fingerprint density at radius 3 is 2.63 bits per heavy atom. The zero-order valence-corrected chi connectivity index (χ0v) is 11.0. The maximum absolute atomic E-state index is 11.5. The molecule has 0 aliphatic carbocycles. The molecule has 0 amide bonds. The van der Waals surface area contributed by atoms with Crippen LogP contribution in [0.1, 0.15) is 5.56 Å². The van der Waals surface area contributed by atoms with Gasteiger partial charge in [-0.1, -0.05) is 6.07 Å². The van der Waals surface area contributed by atoms with E-state index < -0.39 is 9.84 Å². The van der Waals surface area contributed by atoms with Crippen LogP contribution in [0, 0.1) is 11.3 Å². The Morgan fingerprint density at radius 1 is 1.26 bits per heavy atom. The van der Waals surface area contributed by atoms with Gasteiger partial charge in [-0.15, -0.1) is 0 Å². The van der Waals surface area contributed by atoms with Crippen LogP contribution in [0.25, 0.3) is 11.1 Å². The van der Waals surface area contributed by atoms with Gasteiger partial charge >= 0.3 is 0 Å². The maximum Gasteiger partial charge on any atom is 0.177 e. The van der Waals surface area contributed by atoms with E-state index in [1.165, 1.54) is 18.5 Å². The summed E-state index contributed by atoms with van der Waals surface area (Å²) >= 11 is 0. The molecule has 0 radical (unpaired) electrons. The van der Waals surface area contributed by atoms with Gasteiger partial charge < -0.3 is 5.73 Å². The molecule has 0 spiro atoms. The second kappa shape index (κ2) is 4.71. The minimum atomic E-state index is -3.33. The van der Waals surface area contributed by atoms with Gasteiger partial charge in [-0.3, -0.25) is 4.98 Å². The van der Waals surface area contributed by atoms with E-state index in [2.05, 4.69) is 4.98 Å². The first-order chi connectivity index (χ1) is 8.91. The number of hydrogen-bond donors (Lipinski definition) is 1. The van der Waals surface area contributed by atoms with Gasteiger partial charge in [-0.2, -0.15) is 5.26 Å². The van der Waals surface area contributed by atoms with Crippen LogP contribution in [0.3, 0.4) is 0 Å². The largest absolute Gasteiger partial charge is 0.399 e. The molecule has 2 aromatic rings. The average Bonchev–Trinajstić information content (AvgIpc) is 2.37. The van der Waals surface area contributed by atoms with Crippen LogP contribution in [0.5, 0.6) is 0 Å². The summed E-state index contributed by atoms with van der Waals surface area (Å²) < 4.78 is 23.0. The van der Waals surface area contributed by atoms with E-state index in [1.807, 2.05) is 6.07 Å². The number of pyridine rings is 1. The zero-order chi connectivity index (χ0) is 14.0. The number of nitrogens with two attached hydrogens (primary N) is 1.